The molecule has 0 atom stereocenters. The molecule has 0 heterocycles. The molecule has 3 heteroatoms. The van der Waals surface area contributed by atoms with Crippen LogP contribution >= 0.6 is 0 Å². The van der Waals surface area contributed by atoms with Gasteiger partial charge in [0, 0.05) is 11.3 Å². The lowest BCUT2D eigenvalue weighted by Crippen LogP contribution is -1.91. The molecule has 72 valence electrons. The van der Waals surface area contributed by atoms with Crippen molar-refractivity contribution in [3.8, 4) is 11.8 Å². The molecule has 1 aromatic rings. The third-order valence-electron chi connectivity index (χ3n) is 1.74. The topological polar surface area (TPSA) is 63.3 Å². The van der Waals surface area contributed by atoms with Crippen molar-refractivity contribution in [3.63, 3.8) is 0 Å². The summed E-state index contributed by atoms with van der Waals surface area (Å²) < 4.78 is 0. The highest BCUT2D eigenvalue weighted by atomic mass is 16.4. The zero-order valence-electron chi connectivity index (χ0n) is 7.87. The van der Waals surface area contributed by atoms with Gasteiger partial charge in [0.25, 0.3) is 0 Å². The molecule has 1 aromatic carbocycles. The van der Waals surface area contributed by atoms with E-state index in [4.69, 9.17) is 10.8 Å². The first-order valence-corrected chi connectivity index (χ1v) is 4.16. The third kappa shape index (κ3) is 2.83. The molecule has 0 radical (unpaired) electrons. The van der Waals surface area contributed by atoms with E-state index in [2.05, 4.69) is 11.8 Å². The minimum Gasteiger partial charge on any atom is -0.481 e. The van der Waals surface area contributed by atoms with E-state index in [1.54, 1.807) is 12.1 Å². The number of carboxylic acid groups (broad SMARTS) is 1. The largest absolute Gasteiger partial charge is 0.481 e. The first kappa shape index (κ1) is 10.1. The maximum atomic E-state index is 10.2. The molecule has 0 amide bonds. The number of hydrogen-bond donors (Lipinski definition) is 2. The van der Waals surface area contributed by atoms with Crippen LogP contribution in [0.3, 0.4) is 0 Å². The van der Waals surface area contributed by atoms with Gasteiger partial charge in [0.2, 0.25) is 0 Å². The number of anilines is 1. The molecular weight excluding hydrogens is 178 g/mol. The van der Waals surface area contributed by atoms with Crippen molar-refractivity contribution in [1.29, 1.82) is 0 Å². The zero-order chi connectivity index (χ0) is 10.6. The second-order valence-electron chi connectivity index (χ2n) is 2.94. The Labute approximate surface area is 82.6 Å². The summed E-state index contributed by atoms with van der Waals surface area (Å²) in [6.07, 6.45) is -0.135. The van der Waals surface area contributed by atoms with Crippen molar-refractivity contribution in [2.24, 2.45) is 0 Å². The normalized spacial score (nSPS) is 8.93. The number of carboxylic acids is 1. The molecule has 14 heavy (non-hydrogen) atoms. The summed E-state index contributed by atoms with van der Waals surface area (Å²) in [4.78, 5) is 10.2. The van der Waals surface area contributed by atoms with E-state index in [0.717, 1.165) is 11.1 Å². The molecule has 0 bridgehead atoms. The van der Waals surface area contributed by atoms with Crippen molar-refractivity contribution < 1.29 is 9.90 Å². The Hall–Kier alpha value is -1.95. The maximum Gasteiger partial charge on any atom is 0.315 e. The third-order valence-corrected chi connectivity index (χ3v) is 1.74. The summed E-state index contributed by atoms with van der Waals surface area (Å²) in [5, 5.41) is 8.37. The van der Waals surface area contributed by atoms with Crippen LogP contribution in [-0.2, 0) is 4.79 Å². The average molecular weight is 189 g/mol. The molecular formula is C11H11NO2. The lowest BCUT2D eigenvalue weighted by molar-refractivity contribution is -0.135. The maximum absolute atomic E-state index is 10.2. The number of carbonyl (C=O) groups is 1. The quantitative estimate of drug-likeness (QED) is 0.518. The molecule has 0 aliphatic rings. The Morgan fingerprint density at radius 1 is 1.57 bits per heavy atom. The number of nitrogens with two attached hydrogens (primary N) is 1. The first-order chi connectivity index (χ1) is 6.59. The molecule has 0 unspecified atom stereocenters. The van der Waals surface area contributed by atoms with Crippen LogP contribution in [0.1, 0.15) is 17.5 Å². The number of aliphatic carboxylic acids is 1. The molecule has 0 aromatic heterocycles. The van der Waals surface area contributed by atoms with E-state index in [1.165, 1.54) is 0 Å². The molecule has 0 aliphatic heterocycles. The summed E-state index contributed by atoms with van der Waals surface area (Å²) in [6, 6.07) is 5.38. The van der Waals surface area contributed by atoms with Crippen LogP contribution in [0, 0.1) is 18.8 Å². The summed E-state index contributed by atoms with van der Waals surface area (Å²) in [6.45, 7) is 1.89. The average Bonchev–Trinajstić information content (AvgIpc) is 2.10. The number of nitrogen functional groups attached to an aromatic ring is 1. The standard InChI is InChI=1S/C11H11NO2/c1-8-7-9(5-6-10(8)12)3-2-4-11(13)14/h5-7H,4,12H2,1H3,(H,13,14). The van der Waals surface area contributed by atoms with Crippen LogP contribution in [-0.4, -0.2) is 11.1 Å². The second-order valence-corrected chi connectivity index (χ2v) is 2.94. The van der Waals surface area contributed by atoms with Gasteiger partial charge in [0.05, 0.1) is 0 Å². The van der Waals surface area contributed by atoms with E-state index >= 15 is 0 Å². The minimum atomic E-state index is -0.912. The molecule has 0 fully saturated rings. The van der Waals surface area contributed by atoms with Crippen LogP contribution in [0.5, 0.6) is 0 Å². The van der Waals surface area contributed by atoms with E-state index in [9.17, 15) is 4.79 Å². The summed E-state index contributed by atoms with van der Waals surface area (Å²) in [7, 11) is 0. The van der Waals surface area contributed by atoms with Crippen LogP contribution < -0.4 is 5.73 Å². The van der Waals surface area contributed by atoms with E-state index < -0.39 is 5.97 Å². The fourth-order valence-corrected chi connectivity index (χ4v) is 0.975. The fraction of sp³-hybridized carbons (Fsp3) is 0.182. The van der Waals surface area contributed by atoms with Gasteiger partial charge in [-0.1, -0.05) is 11.8 Å². The van der Waals surface area contributed by atoms with Gasteiger partial charge in [0.15, 0.2) is 0 Å². The SMILES string of the molecule is Cc1cc(C#CCC(=O)O)ccc1N. The van der Waals surface area contributed by atoms with Gasteiger partial charge in [-0.05, 0) is 30.7 Å². The van der Waals surface area contributed by atoms with Gasteiger partial charge >= 0.3 is 5.97 Å². The van der Waals surface area contributed by atoms with Gasteiger partial charge in [-0.25, -0.2) is 0 Å². The van der Waals surface area contributed by atoms with Gasteiger partial charge in [-0.2, -0.15) is 0 Å². The lowest BCUT2D eigenvalue weighted by Gasteiger charge is -1.98. The summed E-state index contributed by atoms with van der Waals surface area (Å²) >= 11 is 0. The molecule has 1 rings (SSSR count). The van der Waals surface area contributed by atoms with Crippen LogP contribution in [0.4, 0.5) is 5.69 Å². The number of aryl methyl sites for hydroxylation is 1. The predicted octanol–water partition coefficient (Wildman–Crippen LogP) is 1.40. The minimum absolute atomic E-state index is 0.135. The Balaban J connectivity index is 2.81. The fourth-order valence-electron chi connectivity index (χ4n) is 0.975. The highest BCUT2D eigenvalue weighted by Gasteiger charge is 1.93. The van der Waals surface area contributed by atoms with Crippen molar-refractivity contribution in [2.45, 2.75) is 13.3 Å². The van der Waals surface area contributed by atoms with E-state index in [1.807, 2.05) is 13.0 Å². The Morgan fingerprint density at radius 2 is 2.29 bits per heavy atom. The number of benzene rings is 1. The molecule has 0 aliphatic carbocycles. The van der Waals surface area contributed by atoms with Gasteiger partial charge < -0.3 is 10.8 Å². The Morgan fingerprint density at radius 3 is 2.86 bits per heavy atom. The number of hydrogen-bond acceptors (Lipinski definition) is 2. The lowest BCUT2D eigenvalue weighted by atomic mass is 10.1. The zero-order valence-corrected chi connectivity index (χ0v) is 7.87. The second kappa shape index (κ2) is 4.33. The highest BCUT2D eigenvalue weighted by molar-refractivity contribution is 5.70. The van der Waals surface area contributed by atoms with E-state index in [-0.39, 0.29) is 6.42 Å². The van der Waals surface area contributed by atoms with Crippen LogP contribution in [0.15, 0.2) is 18.2 Å². The molecule has 3 nitrogen and oxygen atoms in total. The van der Waals surface area contributed by atoms with E-state index in [0.29, 0.717) is 5.69 Å². The van der Waals surface area contributed by atoms with Crippen LogP contribution in [0.25, 0.3) is 0 Å². The Bertz CT molecular complexity index is 413. The van der Waals surface area contributed by atoms with Crippen molar-refractivity contribution in [3.05, 3.63) is 29.3 Å². The monoisotopic (exact) mass is 189 g/mol. The van der Waals surface area contributed by atoms with Gasteiger partial charge in [0.1, 0.15) is 6.42 Å². The first-order valence-electron chi connectivity index (χ1n) is 4.16. The summed E-state index contributed by atoms with van der Waals surface area (Å²) in [5.74, 6) is 4.40. The Kier molecular flexibility index (Phi) is 3.14. The summed E-state index contributed by atoms with van der Waals surface area (Å²) in [5.41, 5.74) is 8.08. The predicted molar refractivity (Wildman–Crippen MR) is 54.7 cm³/mol. The van der Waals surface area contributed by atoms with Crippen LogP contribution in [0.2, 0.25) is 0 Å². The number of rotatable bonds is 1. The van der Waals surface area contributed by atoms with Gasteiger partial charge in [-0.3, -0.25) is 4.79 Å². The van der Waals surface area contributed by atoms with Crippen molar-refractivity contribution >= 4 is 11.7 Å². The molecule has 0 spiro atoms. The smallest absolute Gasteiger partial charge is 0.315 e. The van der Waals surface area contributed by atoms with Crippen molar-refractivity contribution in [1.82, 2.24) is 0 Å². The molecule has 0 saturated heterocycles. The van der Waals surface area contributed by atoms with Crippen molar-refractivity contribution in [2.75, 3.05) is 5.73 Å². The van der Waals surface area contributed by atoms with Gasteiger partial charge in [-0.15, -0.1) is 0 Å². The highest BCUT2D eigenvalue weighted by Crippen LogP contribution is 2.11. The molecule has 0 saturated carbocycles. The molecule has 3 N–H and O–H groups in total.